The average Bonchev–Trinajstić information content (AvgIpc) is 2.78. The number of anilines is 1. The summed E-state index contributed by atoms with van der Waals surface area (Å²) in [5.41, 5.74) is 0.563. The van der Waals surface area contributed by atoms with Crippen LogP contribution in [0.5, 0.6) is 5.75 Å². The lowest BCUT2D eigenvalue weighted by Gasteiger charge is -2.35. The summed E-state index contributed by atoms with van der Waals surface area (Å²) in [4.78, 5) is 12.9. The summed E-state index contributed by atoms with van der Waals surface area (Å²) in [5.74, 6) is 1.26. The van der Waals surface area contributed by atoms with Crippen molar-refractivity contribution in [1.29, 1.82) is 0 Å². The molecule has 32 heavy (non-hydrogen) atoms. The van der Waals surface area contributed by atoms with Crippen molar-refractivity contribution in [3.8, 4) is 5.75 Å². The molecule has 2 fully saturated rings. The van der Waals surface area contributed by atoms with Crippen LogP contribution in [0.15, 0.2) is 23.1 Å². The van der Waals surface area contributed by atoms with E-state index >= 15 is 0 Å². The molecule has 1 saturated heterocycles. The minimum absolute atomic E-state index is 0.0811. The Bertz CT molecular complexity index is 886. The van der Waals surface area contributed by atoms with E-state index in [-0.39, 0.29) is 16.8 Å². The van der Waals surface area contributed by atoms with Gasteiger partial charge in [0.15, 0.2) is 0 Å². The van der Waals surface area contributed by atoms with Crippen LogP contribution in [0.2, 0.25) is 0 Å². The molecule has 8 nitrogen and oxygen atoms in total. The second-order valence-electron chi connectivity index (χ2n) is 8.86. The number of amides is 1. The normalized spacial score (nSPS) is 25.7. The molecule has 1 aliphatic carbocycles. The maximum atomic E-state index is 13.3. The van der Waals surface area contributed by atoms with Crippen molar-refractivity contribution in [2.45, 2.75) is 63.9 Å². The van der Waals surface area contributed by atoms with Gasteiger partial charge in [0.25, 0.3) is 0 Å². The van der Waals surface area contributed by atoms with Crippen LogP contribution in [-0.2, 0) is 19.6 Å². The molecule has 1 aliphatic heterocycles. The van der Waals surface area contributed by atoms with E-state index in [4.69, 9.17) is 9.47 Å². The molecule has 0 bridgehead atoms. The lowest BCUT2D eigenvalue weighted by molar-refractivity contribution is -0.123. The van der Waals surface area contributed by atoms with Crippen molar-refractivity contribution in [2.75, 3.05) is 38.2 Å². The zero-order valence-corrected chi connectivity index (χ0v) is 20.4. The number of ether oxygens (including phenoxy) is 2. The number of morpholine rings is 1. The third-order valence-electron chi connectivity index (χ3n) is 6.64. The van der Waals surface area contributed by atoms with E-state index in [2.05, 4.69) is 24.5 Å². The molecular weight excluding hydrogens is 430 g/mol. The van der Waals surface area contributed by atoms with E-state index in [1.165, 1.54) is 10.7 Å². The fraction of sp³-hybridized carbons (Fsp3) is 0.696. The Hall–Kier alpha value is -1.84. The van der Waals surface area contributed by atoms with Gasteiger partial charge in [-0.1, -0.05) is 26.7 Å². The van der Waals surface area contributed by atoms with Crippen LogP contribution in [0.4, 0.5) is 5.69 Å². The van der Waals surface area contributed by atoms with Gasteiger partial charge in [-0.05, 0) is 50.3 Å². The Morgan fingerprint density at radius 3 is 2.66 bits per heavy atom. The van der Waals surface area contributed by atoms with E-state index in [1.807, 2.05) is 6.92 Å². The topological polar surface area (TPSA) is 97.0 Å². The molecule has 1 saturated carbocycles. The summed E-state index contributed by atoms with van der Waals surface area (Å²) in [6.07, 6.45) is 3.32. The SMILES string of the molecule is CCOc1ccc(N[C@H](C)C(=O)N[C@@H]2CCC[C@@H](C)[C@H]2C)cc1S(=O)(=O)N1CCOCC1. The van der Waals surface area contributed by atoms with Crippen molar-refractivity contribution in [3.63, 3.8) is 0 Å². The van der Waals surface area contributed by atoms with Crippen LogP contribution < -0.4 is 15.4 Å². The molecule has 3 rings (SSSR count). The van der Waals surface area contributed by atoms with Crippen molar-refractivity contribution in [2.24, 2.45) is 11.8 Å². The summed E-state index contributed by atoms with van der Waals surface area (Å²) < 4.78 is 38.8. The molecule has 4 atom stereocenters. The molecule has 0 unspecified atom stereocenters. The second-order valence-corrected chi connectivity index (χ2v) is 10.8. The summed E-state index contributed by atoms with van der Waals surface area (Å²) in [6, 6.07) is 4.63. The van der Waals surface area contributed by atoms with Crippen molar-refractivity contribution < 1.29 is 22.7 Å². The number of sulfonamides is 1. The third-order valence-corrected chi connectivity index (χ3v) is 8.56. The summed E-state index contributed by atoms with van der Waals surface area (Å²) in [5, 5.41) is 6.35. The summed E-state index contributed by atoms with van der Waals surface area (Å²) >= 11 is 0. The lowest BCUT2D eigenvalue weighted by atomic mass is 9.78. The van der Waals surface area contributed by atoms with Gasteiger partial charge in [0.2, 0.25) is 15.9 Å². The fourth-order valence-electron chi connectivity index (χ4n) is 4.41. The first kappa shape index (κ1) is 24.8. The Kier molecular flexibility index (Phi) is 8.41. The number of nitrogens with zero attached hydrogens (tertiary/aromatic N) is 1. The minimum atomic E-state index is -3.74. The highest BCUT2D eigenvalue weighted by Gasteiger charge is 2.31. The highest BCUT2D eigenvalue weighted by molar-refractivity contribution is 7.89. The molecule has 1 aromatic carbocycles. The Morgan fingerprint density at radius 2 is 1.97 bits per heavy atom. The summed E-state index contributed by atoms with van der Waals surface area (Å²) in [7, 11) is -3.74. The number of nitrogens with one attached hydrogen (secondary N) is 2. The molecule has 1 heterocycles. The van der Waals surface area contributed by atoms with Crippen LogP contribution in [0.25, 0.3) is 0 Å². The van der Waals surface area contributed by atoms with Gasteiger partial charge >= 0.3 is 0 Å². The van der Waals surface area contributed by atoms with Gasteiger partial charge in [0.05, 0.1) is 19.8 Å². The van der Waals surface area contributed by atoms with E-state index < -0.39 is 16.1 Å². The predicted molar refractivity (Wildman–Crippen MR) is 124 cm³/mol. The number of carbonyl (C=O) groups excluding carboxylic acids is 1. The molecule has 1 amide bonds. The molecule has 9 heteroatoms. The number of rotatable bonds is 8. The molecule has 1 aromatic rings. The van der Waals surface area contributed by atoms with Crippen LogP contribution in [0.1, 0.15) is 47.0 Å². The highest BCUT2D eigenvalue weighted by atomic mass is 32.2. The van der Waals surface area contributed by atoms with E-state index in [0.717, 1.165) is 12.8 Å². The Labute approximate surface area is 192 Å². The maximum Gasteiger partial charge on any atom is 0.246 e. The van der Waals surface area contributed by atoms with Crippen molar-refractivity contribution in [3.05, 3.63) is 18.2 Å². The van der Waals surface area contributed by atoms with Crippen molar-refractivity contribution in [1.82, 2.24) is 9.62 Å². The fourth-order valence-corrected chi connectivity index (χ4v) is 5.97. The molecule has 2 aliphatic rings. The van der Waals surface area contributed by atoms with Gasteiger partial charge in [-0.3, -0.25) is 4.79 Å². The van der Waals surface area contributed by atoms with E-state index in [9.17, 15) is 13.2 Å². The largest absolute Gasteiger partial charge is 0.492 e. The standard InChI is InChI=1S/C23H37N3O5S/c1-5-31-21-10-9-19(15-22(21)32(28,29)26-11-13-30-14-12-26)24-18(4)23(27)25-20-8-6-7-16(2)17(20)3/h9-10,15-18,20,24H,5-8,11-14H2,1-4H3,(H,25,27)/t16-,17-,18-,20-/m1/s1. The quantitative estimate of drug-likeness (QED) is 0.610. The van der Waals surface area contributed by atoms with Crippen LogP contribution in [0.3, 0.4) is 0 Å². The average molecular weight is 468 g/mol. The van der Waals surface area contributed by atoms with Gasteiger partial charge in [-0.2, -0.15) is 4.31 Å². The van der Waals surface area contributed by atoms with Gasteiger partial charge in [-0.25, -0.2) is 8.42 Å². The first-order chi connectivity index (χ1) is 15.2. The third kappa shape index (κ3) is 5.74. The van der Waals surface area contributed by atoms with Gasteiger partial charge in [-0.15, -0.1) is 0 Å². The zero-order chi connectivity index (χ0) is 23.3. The molecule has 0 radical (unpaired) electrons. The Balaban J connectivity index is 1.75. The predicted octanol–water partition coefficient (Wildman–Crippen LogP) is 2.85. The van der Waals surface area contributed by atoms with Crippen LogP contribution >= 0.6 is 0 Å². The Morgan fingerprint density at radius 1 is 1.25 bits per heavy atom. The van der Waals surface area contributed by atoms with Gasteiger partial charge in [0.1, 0.15) is 16.7 Å². The molecule has 2 N–H and O–H groups in total. The minimum Gasteiger partial charge on any atom is -0.492 e. The highest BCUT2D eigenvalue weighted by Crippen LogP contribution is 2.31. The second kappa shape index (κ2) is 10.9. The zero-order valence-electron chi connectivity index (χ0n) is 19.6. The first-order valence-corrected chi connectivity index (χ1v) is 13.1. The van der Waals surface area contributed by atoms with E-state index in [0.29, 0.717) is 56.2 Å². The molecule has 0 aromatic heterocycles. The van der Waals surface area contributed by atoms with E-state index in [1.54, 1.807) is 25.1 Å². The number of carbonyl (C=O) groups is 1. The molecule has 0 spiro atoms. The van der Waals surface area contributed by atoms with Crippen molar-refractivity contribution >= 4 is 21.6 Å². The molecular formula is C23H37N3O5S. The lowest BCUT2D eigenvalue weighted by Crippen LogP contribution is -2.48. The van der Waals surface area contributed by atoms with Gasteiger partial charge in [0, 0.05) is 24.8 Å². The molecule has 180 valence electrons. The van der Waals surface area contributed by atoms with Gasteiger partial charge < -0.3 is 20.1 Å². The monoisotopic (exact) mass is 467 g/mol. The first-order valence-electron chi connectivity index (χ1n) is 11.7. The van der Waals surface area contributed by atoms with Crippen LogP contribution in [-0.4, -0.2) is 63.6 Å². The number of hydrogen-bond acceptors (Lipinski definition) is 6. The maximum absolute atomic E-state index is 13.3. The van der Waals surface area contributed by atoms with Crippen LogP contribution in [0, 0.1) is 11.8 Å². The summed E-state index contributed by atoms with van der Waals surface area (Å²) in [6.45, 7) is 9.76. The number of hydrogen-bond donors (Lipinski definition) is 2. The number of benzene rings is 1. The smallest absolute Gasteiger partial charge is 0.246 e.